The molecule has 1 aromatic heterocycles. The van der Waals surface area contributed by atoms with Gasteiger partial charge in [0.2, 0.25) is 11.8 Å². The number of aromatic nitrogens is 1. The van der Waals surface area contributed by atoms with Gasteiger partial charge in [0.15, 0.2) is 11.5 Å². The predicted molar refractivity (Wildman–Crippen MR) is 131 cm³/mol. The second-order valence-electron chi connectivity index (χ2n) is 7.77. The predicted octanol–water partition coefficient (Wildman–Crippen LogP) is 4.03. The lowest BCUT2D eigenvalue weighted by Crippen LogP contribution is -2.48. The first-order valence-electron chi connectivity index (χ1n) is 10.8. The zero-order valence-electron chi connectivity index (χ0n) is 19.5. The molecule has 0 radical (unpaired) electrons. The van der Waals surface area contributed by atoms with Crippen molar-refractivity contribution in [2.24, 2.45) is 0 Å². The van der Waals surface area contributed by atoms with Crippen LogP contribution in [-0.4, -0.2) is 42.0 Å². The summed E-state index contributed by atoms with van der Waals surface area (Å²) in [6.45, 7) is 2.32. The smallest absolute Gasteiger partial charge is 0.242 e. The van der Waals surface area contributed by atoms with Crippen LogP contribution in [0.5, 0.6) is 11.5 Å². The number of hydrogen-bond donors (Lipinski definition) is 1. The van der Waals surface area contributed by atoms with Crippen molar-refractivity contribution in [3.63, 3.8) is 0 Å². The third-order valence-corrected chi connectivity index (χ3v) is 5.68. The van der Waals surface area contributed by atoms with Crippen LogP contribution in [0.4, 0.5) is 0 Å². The second kappa shape index (κ2) is 12.0. The van der Waals surface area contributed by atoms with Gasteiger partial charge in [-0.25, -0.2) is 0 Å². The van der Waals surface area contributed by atoms with Gasteiger partial charge in [-0.05, 0) is 53.9 Å². The molecule has 178 valence electrons. The Kier molecular flexibility index (Phi) is 8.87. The fraction of sp³-hybridized carbons (Fsp3) is 0.269. The highest BCUT2D eigenvalue weighted by Gasteiger charge is 2.26. The molecule has 8 heteroatoms. The van der Waals surface area contributed by atoms with Crippen LogP contribution in [0.15, 0.2) is 67.0 Å². The third kappa shape index (κ3) is 6.71. The largest absolute Gasteiger partial charge is 0.493 e. The molecule has 0 bridgehead atoms. The summed E-state index contributed by atoms with van der Waals surface area (Å²) in [6.07, 6.45) is 3.47. The number of nitrogens with one attached hydrogen (secondary N) is 1. The minimum Gasteiger partial charge on any atom is -0.493 e. The highest BCUT2D eigenvalue weighted by Crippen LogP contribution is 2.28. The molecule has 2 amide bonds. The summed E-state index contributed by atoms with van der Waals surface area (Å²) in [5, 5.41) is 3.50. The Bertz CT molecular complexity index is 1110. The topological polar surface area (TPSA) is 80.8 Å². The maximum atomic E-state index is 13.4. The molecule has 7 nitrogen and oxygen atoms in total. The van der Waals surface area contributed by atoms with Crippen LogP contribution in [0.2, 0.25) is 5.02 Å². The zero-order chi connectivity index (χ0) is 24.5. The van der Waals surface area contributed by atoms with Gasteiger partial charge in [0.1, 0.15) is 6.04 Å². The van der Waals surface area contributed by atoms with Crippen molar-refractivity contribution >= 4 is 23.4 Å². The van der Waals surface area contributed by atoms with Crippen LogP contribution < -0.4 is 14.8 Å². The van der Waals surface area contributed by atoms with E-state index in [1.54, 1.807) is 62.7 Å². The fourth-order valence-electron chi connectivity index (χ4n) is 3.48. The molecule has 0 aliphatic rings. The fourth-order valence-corrected chi connectivity index (χ4v) is 3.60. The highest BCUT2D eigenvalue weighted by molar-refractivity contribution is 6.30. The van der Waals surface area contributed by atoms with E-state index in [1.165, 1.54) is 0 Å². The number of nitrogens with zero attached hydrogens (tertiary/aromatic N) is 2. The molecule has 0 fully saturated rings. The van der Waals surface area contributed by atoms with Gasteiger partial charge in [0.25, 0.3) is 0 Å². The molecule has 0 saturated carbocycles. The van der Waals surface area contributed by atoms with Crippen LogP contribution in [0, 0.1) is 0 Å². The number of ether oxygens (including phenoxy) is 2. The van der Waals surface area contributed by atoms with E-state index in [-0.39, 0.29) is 24.8 Å². The summed E-state index contributed by atoms with van der Waals surface area (Å²) < 4.78 is 10.6. The lowest BCUT2D eigenvalue weighted by atomic mass is 10.1. The van der Waals surface area contributed by atoms with Crippen LogP contribution in [-0.2, 0) is 29.1 Å². The van der Waals surface area contributed by atoms with Gasteiger partial charge in [-0.1, -0.05) is 35.9 Å². The Labute approximate surface area is 204 Å². The first-order chi connectivity index (χ1) is 16.4. The van der Waals surface area contributed by atoms with Crippen molar-refractivity contribution in [2.45, 2.75) is 32.5 Å². The average molecular weight is 482 g/mol. The molecule has 1 heterocycles. The third-order valence-electron chi connectivity index (χ3n) is 5.43. The van der Waals surface area contributed by atoms with Crippen LogP contribution >= 0.6 is 11.6 Å². The number of carbonyl (C=O) groups excluding carboxylic acids is 2. The summed E-state index contributed by atoms with van der Waals surface area (Å²) in [5.74, 6) is 0.684. The van der Waals surface area contributed by atoms with Gasteiger partial charge in [-0.15, -0.1) is 0 Å². The lowest BCUT2D eigenvalue weighted by molar-refractivity contribution is -0.140. The number of pyridine rings is 1. The molecule has 0 unspecified atom stereocenters. The van der Waals surface area contributed by atoms with Crippen molar-refractivity contribution < 1.29 is 19.1 Å². The summed E-state index contributed by atoms with van der Waals surface area (Å²) in [5.41, 5.74) is 2.51. The van der Waals surface area contributed by atoms with E-state index >= 15 is 0 Å². The van der Waals surface area contributed by atoms with E-state index < -0.39 is 6.04 Å². The summed E-state index contributed by atoms with van der Waals surface area (Å²) in [7, 11) is 3.10. The number of halogens is 1. The number of amides is 2. The monoisotopic (exact) mass is 481 g/mol. The standard InChI is InChI=1S/C26H28ClN3O4/c1-18(26(32)29-16-21-5-4-12-28-15-21)30(17-19-6-9-22(27)10-7-19)25(31)14-20-8-11-23(33-2)24(13-20)34-3/h4-13,15,18H,14,16-17H2,1-3H3,(H,29,32)/t18-/m1/s1. The van der Waals surface area contributed by atoms with Crippen molar-refractivity contribution in [1.82, 2.24) is 15.2 Å². The van der Waals surface area contributed by atoms with E-state index in [9.17, 15) is 9.59 Å². The molecule has 3 rings (SSSR count). The van der Waals surface area contributed by atoms with E-state index in [0.717, 1.165) is 16.7 Å². The number of methoxy groups -OCH3 is 2. The molecule has 1 atom stereocenters. The van der Waals surface area contributed by atoms with Gasteiger partial charge >= 0.3 is 0 Å². The Morgan fingerprint density at radius 3 is 2.35 bits per heavy atom. The first-order valence-corrected chi connectivity index (χ1v) is 11.2. The van der Waals surface area contributed by atoms with Crippen molar-refractivity contribution in [1.29, 1.82) is 0 Å². The molecular weight excluding hydrogens is 454 g/mol. The zero-order valence-corrected chi connectivity index (χ0v) is 20.2. The van der Waals surface area contributed by atoms with Gasteiger partial charge in [-0.3, -0.25) is 14.6 Å². The number of hydrogen-bond acceptors (Lipinski definition) is 5. The molecule has 0 saturated heterocycles. The van der Waals surface area contributed by atoms with Crippen molar-refractivity contribution in [3.8, 4) is 11.5 Å². The maximum absolute atomic E-state index is 13.4. The minimum atomic E-state index is -0.694. The van der Waals surface area contributed by atoms with Gasteiger partial charge in [0.05, 0.1) is 20.6 Å². The number of carbonyl (C=O) groups is 2. The molecule has 0 aliphatic carbocycles. The highest BCUT2D eigenvalue weighted by atomic mass is 35.5. The van der Waals surface area contributed by atoms with Crippen LogP contribution in [0.1, 0.15) is 23.6 Å². The van der Waals surface area contributed by atoms with E-state index in [1.807, 2.05) is 30.3 Å². The normalized spacial score (nSPS) is 11.4. The van der Waals surface area contributed by atoms with E-state index in [4.69, 9.17) is 21.1 Å². The van der Waals surface area contributed by atoms with Crippen molar-refractivity contribution in [3.05, 3.63) is 88.7 Å². The Morgan fingerprint density at radius 2 is 1.71 bits per heavy atom. The summed E-state index contributed by atoms with van der Waals surface area (Å²) >= 11 is 6.01. The first kappa shape index (κ1) is 25.1. The lowest BCUT2D eigenvalue weighted by Gasteiger charge is -2.29. The summed E-state index contributed by atoms with van der Waals surface area (Å²) in [6, 6.07) is 15.6. The Morgan fingerprint density at radius 1 is 1.00 bits per heavy atom. The van der Waals surface area contributed by atoms with Crippen LogP contribution in [0.25, 0.3) is 0 Å². The molecule has 0 aliphatic heterocycles. The minimum absolute atomic E-state index is 0.105. The van der Waals surface area contributed by atoms with Crippen molar-refractivity contribution in [2.75, 3.05) is 14.2 Å². The average Bonchev–Trinajstić information content (AvgIpc) is 2.86. The molecular formula is C26H28ClN3O4. The Hall–Kier alpha value is -3.58. The Balaban J connectivity index is 1.78. The number of rotatable bonds is 10. The summed E-state index contributed by atoms with van der Waals surface area (Å²) in [4.78, 5) is 32.0. The van der Waals surface area contributed by atoms with Gasteiger partial charge < -0.3 is 19.7 Å². The molecule has 0 spiro atoms. The van der Waals surface area contributed by atoms with E-state index in [0.29, 0.717) is 23.1 Å². The van der Waals surface area contributed by atoms with E-state index in [2.05, 4.69) is 10.3 Å². The van der Waals surface area contributed by atoms with Gasteiger partial charge in [0, 0.05) is 30.5 Å². The second-order valence-corrected chi connectivity index (χ2v) is 8.21. The number of benzene rings is 2. The molecule has 3 aromatic rings. The molecule has 1 N–H and O–H groups in total. The van der Waals surface area contributed by atoms with Gasteiger partial charge in [-0.2, -0.15) is 0 Å². The van der Waals surface area contributed by atoms with Crippen LogP contribution in [0.3, 0.4) is 0 Å². The molecule has 34 heavy (non-hydrogen) atoms. The maximum Gasteiger partial charge on any atom is 0.242 e. The quantitative estimate of drug-likeness (QED) is 0.473. The SMILES string of the molecule is COc1ccc(CC(=O)N(Cc2ccc(Cl)cc2)[C@H](C)C(=O)NCc2cccnc2)cc1OC. The molecule has 2 aromatic carbocycles.